The molecule has 2 fully saturated rings. The Labute approximate surface area is 117 Å². The van der Waals surface area contributed by atoms with E-state index in [4.69, 9.17) is 25.8 Å². The molecule has 0 bridgehead atoms. The molecule has 2 saturated heterocycles. The van der Waals surface area contributed by atoms with E-state index in [2.05, 4.69) is 0 Å². The Kier molecular flexibility index (Phi) is 3.78. The second kappa shape index (κ2) is 5.38. The fourth-order valence-electron chi connectivity index (χ4n) is 2.51. The molecule has 2 aliphatic rings. The normalized spacial score (nSPS) is 31.4. The summed E-state index contributed by atoms with van der Waals surface area (Å²) in [6, 6.07) is 7.54. The molecule has 2 aliphatic heterocycles. The average molecular weight is 285 g/mol. The molecule has 3 rings (SSSR count). The van der Waals surface area contributed by atoms with Gasteiger partial charge in [-0.2, -0.15) is 0 Å². The Morgan fingerprint density at radius 3 is 2.68 bits per heavy atom. The topological polar surface area (TPSA) is 51.2 Å². The van der Waals surface area contributed by atoms with Crippen molar-refractivity contribution >= 4 is 11.6 Å². The minimum Gasteiger partial charge on any atom is -0.393 e. The first-order valence-electron chi connectivity index (χ1n) is 6.51. The van der Waals surface area contributed by atoms with Crippen LogP contribution in [0.25, 0.3) is 0 Å². The zero-order valence-corrected chi connectivity index (χ0v) is 11.3. The van der Waals surface area contributed by atoms with E-state index in [-0.39, 0.29) is 19.0 Å². The standard InChI is InChI=1S/C14H17ClO4/c15-11-5-2-1-4-10(11)13-14(9-16,19-13)8-12-17-6-3-7-18-12/h1-2,4-5,12-13,16H,3,6-9H2. The van der Waals surface area contributed by atoms with E-state index in [1.807, 2.05) is 24.3 Å². The molecule has 0 saturated carbocycles. The van der Waals surface area contributed by atoms with E-state index < -0.39 is 5.60 Å². The summed E-state index contributed by atoms with van der Waals surface area (Å²) in [5.41, 5.74) is 0.293. The molecule has 104 valence electrons. The maximum Gasteiger partial charge on any atom is 0.160 e. The summed E-state index contributed by atoms with van der Waals surface area (Å²) in [5, 5.41) is 10.3. The minimum absolute atomic E-state index is 0.0634. The van der Waals surface area contributed by atoms with Crippen LogP contribution in [0.3, 0.4) is 0 Å². The van der Waals surface area contributed by atoms with Gasteiger partial charge in [-0.3, -0.25) is 0 Å². The Hall–Kier alpha value is -0.650. The van der Waals surface area contributed by atoms with Crippen molar-refractivity contribution < 1.29 is 19.3 Å². The molecular weight excluding hydrogens is 268 g/mol. The van der Waals surface area contributed by atoms with Crippen molar-refractivity contribution in [3.8, 4) is 0 Å². The number of ether oxygens (including phenoxy) is 3. The number of aliphatic hydroxyl groups excluding tert-OH is 1. The zero-order valence-electron chi connectivity index (χ0n) is 10.5. The maximum absolute atomic E-state index is 9.63. The lowest BCUT2D eigenvalue weighted by Gasteiger charge is -2.25. The monoisotopic (exact) mass is 284 g/mol. The minimum atomic E-state index is -0.618. The van der Waals surface area contributed by atoms with E-state index >= 15 is 0 Å². The van der Waals surface area contributed by atoms with Crippen LogP contribution < -0.4 is 0 Å². The van der Waals surface area contributed by atoms with Crippen LogP contribution in [0.4, 0.5) is 0 Å². The second-order valence-electron chi connectivity index (χ2n) is 4.97. The van der Waals surface area contributed by atoms with Crippen LogP contribution in [-0.4, -0.2) is 36.8 Å². The molecule has 0 aliphatic carbocycles. The highest BCUT2D eigenvalue weighted by Crippen LogP contribution is 2.54. The molecule has 2 unspecified atom stereocenters. The molecule has 1 aromatic rings. The third kappa shape index (κ3) is 2.64. The molecule has 0 spiro atoms. The summed E-state index contributed by atoms with van der Waals surface area (Å²) < 4.78 is 16.8. The predicted octanol–water partition coefficient (Wildman–Crippen LogP) is 2.30. The number of benzene rings is 1. The highest BCUT2D eigenvalue weighted by Gasteiger charge is 2.58. The van der Waals surface area contributed by atoms with Gasteiger partial charge >= 0.3 is 0 Å². The Morgan fingerprint density at radius 1 is 1.26 bits per heavy atom. The number of rotatable bonds is 4. The zero-order chi connectivity index (χ0) is 13.3. The molecule has 19 heavy (non-hydrogen) atoms. The third-order valence-corrected chi connectivity index (χ3v) is 3.98. The molecule has 2 atom stereocenters. The van der Waals surface area contributed by atoms with Gasteiger partial charge in [0.2, 0.25) is 0 Å². The fourth-order valence-corrected chi connectivity index (χ4v) is 2.75. The first-order chi connectivity index (χ1) is 9.25. The van der Waals surface area contributed by atoms with Gasteiger partial charge in [-0.05, 0) is 12.5 Å². The lowest BCUT2D eigenvalue weighted by molar-refractivity contribution is -0.189. The van der Waals surface area contributed by atoms with Gasteiger partial charge < -0.3 is 19.3 Å². The third-order valence-electron chi connectivity index (χ3n) is 3.64. The largest absolute Gasteiger partial charge is 0.393 e. The van der Waals surface area contributed by atoms with Crippen LogP contribution in [0.5, 0.6) is 0 Å². The number of hydrogen-bond donors (Lipinski definition) is 1. The van der Waals surface area contributed by atoms with Gasteiger partial charge in [-0.1, -0.05) is 29.8 Å². The summed E-state index contributed by atoms with van der Waals surface area (Å²) in [6.07, 6.45) is 0.963. The molecule has 1 aromatic carbocycles. The Bertz CT molecular complexity index is 447. The van der Waals surface area contributed by atoms with E-state index in [0.717, 1.165) is 12.0 Å². The summed E-state index contributed by atoms with van der Waals surface area (Å²) >= 11 is 6.16. The molecule has 0 radical (unpaired) electrons. The van der Waals surface area contributed by atoms with Gasteiger partial charge in [0.15, 0.2) is 6.29 Å². The SMILES string of the molecule is OCC1(CC2OCCCO2)OC1c1ccccc1Cl. The Morgan fingerprint density at radius 2 is 2.00 bits per heavy atom. The number of halogens is 1. The van der Waals surface area contributed by atoms with Gasteiger partial charge in [0, 0.05) is 17.0 Å². The molecule has 5 heteroatoms. The summed E-state index contributed by atoms with van der Waals surface area (Å²) in [7, 11) is 0. The molecule has 1 N–H and O–H groups in total. The molecule has 2 heterocycles. The van der Waals surface area contributed by atoms with Gasteiger partial charge in [0.05, 0.1) is 19.8 Å². The van der Waals surface area contributed by atoms with Crippen molar-refractivity contribution in [2.24, 2.45) is 0 Å². The lowest BCUT2D eigenvalue weighted by atomic mass is 9.96. The van der Waals surface area contributed by atoms with Crippen LogP contribution in [-0.2, 0) is 14.2 Å². The second-order valence-corrected chi connectivity index (χ2v) is 5.38. The van der Waals surface area contributed by atoms with E-state index in [1.54, 1.807) is 0 Å². The van der Waals surface area contributed by atoms with Crippen molar-refractivity contribution in [3.05, 3.63) is 34.9 Å². The molecule has 0 aromatic heterocycles. The summed E-state index contributed by atoms with van der Waals surface area (Å²) in [4.78, 5) is 0. The first kappa shape index (κ1) is 13.3. The van der Waals surface area contributed by atoms with Crippen LogP contribution in [0, 0.1) is 0 Å². The van der Waals surface area contributed by atoms with Crippen molar-refractivity contribution in [2.45, 2.75) is 30.8 Å². The van der Waals surface area contributed by atoms with E-state index in [9.17, 15) is 5.11 Å². The van der Waals surface area contributed by atoms with Gasteiger partial charge in [0.25, 0.3) is 0 Å². The van der Waals surface area contributed by atoms with Crippen LogP contribution in [0.15, 0.2) is 24.3 Å². The smallest absolute Gasteiger partial charge is 0.160 e. The predicted molar refractivity (Wildman–Crippen MR) is 70.0 cm³/mol. The number of hydrogen-bond acceptors (Lipinski definition) is 4. The fraction of sp³-hybridized carbons (Fsp3) is 0.571. The maximum atomic E-state index is 9.63. The summed E-state index contributed by atoms with van der Waals surface area (Å²) in [5.74, 6) is 0. The van der Waals surface area contributed by atoms with Crippen LogP contribution in [0.2, 0.25) is 5.02 Å². The van der Waals surface area contributed by atoms with Gasteiger partial charge in [-0.15, -0.1) is 0 Å². The number of aliphatic hydroxyl groups is 1. The van der Waals surface area contributed by atoms with Crippen molar-refractivity contribution in [1.82, 2.24) is 0 Å². The summed E-state index contributed by atoms with van der Waals surface area (Å²) in [6.45, 7) is 1.33. The van der Waals surface area contributed by atoms with Crippen molar-refractivity contribution in [2.75, 3.05) is 19.8 Å². The quantitative estimate of drug-likeness (QED) is 0.862. The van der Waals surface area contributed by atoms with Crippen molar-refractivity contribution in [3.63, 3.8) is 0 Å². The van der Waals surface area contributed by atoms with E-state index in [1.165, 1.54) is 0 Å². The van der Waals surface area contributed by atoms with Crippen LogP contribution in [0.1, 0.15) is 24.5 Å². The van der Waals surface area contributed by atoms with Gasteiger partial charge in [-0.25, -0.2) is 0 Å². The highest BCUT2D eigenvalue weighted by atomic mass is 35.5. The van der Waals surface area contributed by atoms with Gasteiger partial charge in [0.1, 0.15) is 11.7 Å². The molecule has 0 amide bonds. The molecular formula is C14H17ClO4. The van der Waals surface area contributed by atoms with E-state index in [0.29, 0.717) is 24.7 Å². The lowest BCUT2D eigenvalue weighted by Crippen LogP contribution is -2.32. The highest BCUT2D eigenvalue weighted by molar-refractivity contribution is 6.31. The Balaban J connectivity index is 1.71. The van der Waals surface area contributed by atoms with Crippen LogP contribution >= 0.6 is 11.6 Å². The first-order valence-corrected chi connectivity index (χ1v) is 6.89. The van der Waals surface area contributed by atoms with Crippen molar-refractivity contribution in [1.29, 1.82) is 0 Å². The average Bonchev–Trinajstić information content (AvgIpc) is 3.15. The molecule has 4 nitrogen and oxygen atoms in total. The number of epoxide rings is 1.